The molecule has 1 N–H and O–H groups in total. The van der Waals surface area contributed by atoms with Crippen LogP contribution in [-0.4, -0.2) is 17.5 Å². The number of nitrogens with one attached hydrogen (secondary N) is 1. The number of halogens is 1. The van der Waals surface area contributed by atoms with E-state index >= 15 is 0 Å². The normalized spacial score (nSPS) is 11.1. The largest absolute Gasteiger partial charge is 0.484 e. The first kappa shape index (κ1) is 17.4. The number of rotatable bonds is 5. The van der Waals surface area contributed by atoms with Crippen LogP contribution in [0.2, 0.25) is 0 Å². The molecular formula is C19H19FN2O2S. The highest BCUT2D eigenvalue weighted by Gasteiger charge is 2.11. The lowest BCUT2D eigenvalue weighted by Crippen LogP contribution is -2.20. The summed E-state index contributed by atoms with van der Waals surface area (Å²) in [6, 6.07) is 10.5. The Labute approximate surface area is 149 Å². The number of anilines is 1. The highest BCUT2D eigenvalue weighted by molar-refractivity contribution is 7.22. The fourth-order valence-electron chi connectivity index (χ4n) is 2.66. The molecule has 130 valence electrons. The van der Waals surface area contributed by atoms with E-state index in [0.717, 1.165) is 5.56 Å². The first-order valence-electron chi connectivity index (χ1n) is 8.02. The van der Waals surface area contributed by atoms with Gasteiger partial charge in [-0.25, -0.2) is 9.37 Å². The summed E-state index contributed by atoms with van der Waals surface area (Å²) in [5, 5.41) is 3.01. The van der Waals surface area contributed by atoms with Gasteiger partial charge in [0.2, 0.25) is 0 Å². The molecule has 0 fully saturated rings. The maximum absolute atomic E-state index is 13.6. The van der Waals surface area contributed by atoms with Gasteiger partial charge in [-0.15, -0.1) is 0 Å². The summed E-state index contributed by atoms with van der Waals surface area (Å²) in [7, 11) is 0. The Morgan fingerprint density at radius 2 is 2.12 bits per heavy atom. The van der Waals surface area contributed by atoms with E-state index in [1.807, 2.05) is 25.1 Å². The van der Waals surface area contributed by atoms with Gasteiger partial charge in [-0.05, 0) is 48.2 Å². The molecule has 25 heavy (non-hydrogen) atoms. The van der Waals surface area contributed by atoms with Crippen molar-refractivity contribution in [2.45, 2.75) is 26.7 Å². The lowest BCUT2D eigenvalue weighted by molar-refractivity contribution is -0.118. The number of thiazole rings is 1. The standard InChI is InChI=1S/C19H19FN2O2S/c1-11(2)14-8-7-13(9-12(14)3)24-10-17(23)21-19-22-18-15(20)5-4-6-16(18)25-19/h4-9,11H,10H2,1-3H3,(H,21,22,23). The van der Waals surface area contributed by atoms with Gasteiger partial charge in [0.05, 0.1) is 4.70 Å². The summed E-state index contributed by atoms with van der Waals surface area (Å²) in [4.78, 5) is 16.2. The van der Waals surface area contributed by atoms with E-state index in [-0.39, 0.29) is 18.0 Å². The molecule has 0 unspecified atom stereocenters. The number of carbonyl (C=O) groups is 1. The van der Waals surface area contributed by atoms with Crippen LogP contribution in [0.5, 0.6) is 5.75 Å². The van der Waals surface area contributed by atoms with Gasteiger partial charge < -0.3 is 4.74 Å². The molecule has 0 aliphatic rings. The summed E-state index contributed by atoms with van der Waals surface area (Å²) in [5.41, 5.74) is 2.66. The Bertz CT molecular complexity index is 921. The van der Waals surface area contributed by atoms with E-state index in [1.54, 1.807) is 12.1 Å². The maximum atomic E-state index is 13.6. The van der Waals surface area contributed by atoms with Gasteiger partial charge in [0.15, 0.2) is 11.7 Å². The average Bonchev–Trinajstić information content (AvgIpc) is 2.96. The summed E-state index contributed by atoms with van der Waals surface area (Å²) in [6.45, 7) is 6.17. The minimum Gasteiger partial charge on any atom is -0.484 e. The Morgan fingerprint density at radius 3 is 2.80 bits per heavy atom. The highest BCUT2D eigenvalue weighted by Crippen LogP contribution is 2.27. The molecule has 3 aromatic rings. The molecule has 0 bridgehead atoms. The third-order valence-electron chi connectivity index (χ3n) is 3.85. The zero-order valence-electron chi connectivity index (χ0n) is 14.3. The third-order valence-corrected chi connectivity index (χ3v) is 4.79. The molecule has 1 amide bonds. The van der Waals surface area contributed by atoms with E-state index in [4.69, 9.17) is 4.74 Å². The van der Waals surface area contributed by atoms with Gasteiger partial charge in [-0.2, -0.15) is 0 Å². The quantitative estimate of drug-likeness (QED) is 0.707. The third kappa shape index (κ3) is 3.96. The number of aryl methyl sites for hydroxylation is 1. The lowest BCUT2D eigenvalue weighted by atomic mass is 9.98. The van der Waals surface area contributed by atoms with Crippen molar-refractivity contribution in [3.63, 3.8) is 0 Å². The zero-order valence-corrected chi connectivity index (χ0v) is 15.1. The van der Waals surface area contributed by atoms with Gasteiger partial charge in [0.25, 0.3) is 5.91 Å². The molecule has 3 rings (SSSR count). The van der Waals surface area contributed by atoms with Crippen LogP contribution in [0.1, 0.15) is 30.9 Å². The van der Waals surface area contributed by atoms with Crippen LogP contribution in [0.4, 0.5) is 9.52 Å². The second-order valence-corrected chi connectivity index (χ2v) is 7.15. The van der Waals surface area contributed by atoms with Crippen LogP contribution in [0.25, 0.3) is 10.2 Å². The number of fused-ring (bicyclic) bond motifs is 1. The molecule has 1 aromatic heterocycles. The van der Waals surface area contributed by atoms with E-state index in [9.17, 15) is 9.18 Å². The van der Waals surface area contributed by atoms with Crippen LogP contribution in [0.15, 0.2) is 36.4 Å². The Hall–Kier alpha value is -2.47. The summed E-state index contributed by atoms with van der Waals surface area (Å²) >= 11 is 1.23. The number of carbonyl (C=O) groups excluding carboxylic acids is 1. The molecule has 4 nitrogen and oxygen atoms in total. The van der Waals surface area contributed by atoms with Gasteiger partial charge in [-0.3, -0.25) is 10.1 Å². The average molecular weight is 358 g/mol. The minimum absolute atomic E-state index is 0.126. The van der Waals surface area contributed by atoms with Crippen molar-refractivity contribution in [2.75, 3.05) is 11.9 Å². The van der Waals surface area contributed by atoms with Crippen molar-refractivity contribution < 1.29 is 13.9 Å². The Morgan fingerprint density at radius 1 is 1.32 bits per heavy atom. The number of ether oxygens (including phenoxy) is 1. The molecule has 0 spiro atoms. The fourth-order valence-corrected chi connectivity index (χ4v) is 3.55. The molecule has 6 heteroatoms. The fraction of sp³-hybridized carbons (Fsp3) is 0.263. The molecule has 0 atom stereocenters. The van der Waals surface area contributed by atoms with Gasteiger partial charge in [0, 0.05) is 0 Å². The van der Waals surface area contributed by atoms with Gasteiger partial charge in [0.1, 0.15) is 17.1 Å². The predicted octanol–water partition coefficient (Wildman–Crippen LogP) is 4.88. The highest BCUT2D eigenvalue weighted by atomic mass is 32.1. The molecule has 2 aromatic carbocycles. The van der Waals surface area contributed by atoms with Crippen LogP contribution in [0.3, 0.4) is 0 Å². The van der Waals surface area contributed by atoms with Crippen LogP contribution >= 0.6 is 11.3 Å². The van der Waals surface area contributed by atoms with Crippen molar-refractivity contribution in [3.8, 4) is 5.75 Å². The zero-order chi connectivity index (χ0) is 18.0. The van der Waals surface area contributed by atoms with Crippen LogP contribution in [0, 0.1) is 12.7 Å². The molecule has 1 heterocycles. The molecule has 0 saturated heterocycles. The van der Waals surface area contributed by atoms with E-state index in [0.29, 0.717) is 21.5 Å². The first-order chi connectivity index (χ1) is 11.9. The van der Waals surface area contributed by atoms with Crippen LogP contribution < -0.4 is 10.1 Å². The molecular weight excluding hydrogens is 339 g/mol. The van der Waals surface area contributed by atoms with Gasteiger partial charge >= 0.3 is 0 Å². The second kappa shape index (κ2) is 7.19. The number of aromatic nitrogens is 1. The molecule has 0 radical (unpaired) electrons. The van der Waals surface area contributed by atoms with Crippen molar-refractivity contribution in [1.29, 1.82) is 0 Å². The topological polar surface area (TPSA) is 51.2 Å². The van der Waals surface area contributed by atoms with E-state index in [2.05, 4.69) is 24.1 Å². The SMILES string of the molecule is Cc1cc(OCC(=O)Nc2nc3c(F)cccc3s2)ccc1C(C)C. The number of hydrogen-bond acceptors (Lipinski definition) is 4. The summed E-state index contributed by atoms with van der Waals surface area (Å²) in [6.07, 6.45) is 0. The van der Waals surface area contributed by atoms with Crippen molar-refractivity contribution in [3.05, 3.63) is 53.3 Å². The van der Waals surface area contributed by atoms with Crippen molar-refractivity contribution in [1.82, 2.24) is 4.98 Å². The summed E-state index contributed by atoms with van der Waals surface area (Å²) < 4.78 is 19.9. The smallest absolute Gasteiger partial charge is 0.264 e. The first-order valence-corrected chi connectivity index (χ1v) is 8.84. The Kier molecular flexibility index (Phi) is 4.99. The molecule has 0 aliphatic carbocycles. The van der Waals surface area contributed by atoms with E-state index in [1.165, 1.54) is 23.0 Å². The number of amides is 1. The second-order valence-electron chi connectivity index (χ2n) is 6.12. The Balaban J connectivity index is 1.62. The number of hydrogen-bond donors (Lipinski definition) is 1. The predicted molar refractivity (Wildman–Crippen MR) is 99.0 cm³/mol. The van der Waals surface area contributed by atoms with Crippen molar-refractivity contribution in [2.24, 2.45) is 0 Å². The maximum Gasteiger partial charge on any atom is 0.264 e. The van der Waals surface area contributed by atoms with Gasteiger partial charge in [-0.1, -0.05) is 37.3 Å². The minimum atomic E-state index is -0.397. The number of para-hydroxylation sites is 1. The monoisotopic (exact) mass is 358 g/mol. The molecule has 0 saturated carbocycles. The summed E-state index contributed by atoms with van der Waals surface area (Å²) in [5.74, 6) is 0.362. The van der Waals surface area contributed by atoms with Crippen molar-refractivity contribution >= 4 is 32.6 Å². The van der Waals surface area contributed by atoms with Crippen LogP contribution in [-0.2, 0) is 4.79 Å². The van der Waals surface area contributed by atoms with E-state index < -0.39 is 5.82 Å². The molecule has 0 aliphatic heterocycles. The number of nitrogens with zero attached hydrogens (tertiary/aromatic N) is 1. The lowest BCUT2D eigenvalue weighted by Gasteiger charge is -2.12. The number of benzene rings is 2.